The highest BCUT2D eigenvalue weighted by Gasteiger charge is 2.12. The van der Waals surface area contributed by atoms with E-state index < -0.39 is 17.5 Å². The largest absolute Gasteiger partial charge is 0.336 e. The molecule has 94 valence electrons. The lowest BCUT2D eigenvalue weighted by Crippen LogP contribution is -2.00. The van der Waals surface area contributed by atoms with Gasteiger partial charge in [-0.1, -0.05) is 11.6 Å². The lowest BCUT2D eigenvalue weighted by atomic mass is 10.3. The van der Waals surface area contributed by atoms with Crippen molar-refractivity contribution in [3.8, 4) is 0 Å². The van der Waals surface area contributed by atoms with Gasteiger partial charge < -0.3 is 5.32 Å². The van der Waals surface area contributed by atoms with Crippen LogP contribution in [-0.4, -0.2) is 9.97 Å². The molecule has 2 rings (SSSR count). The van der Waals surface area contributed by atoms with Crippen molar-refractivity contribution in [1.82, 2.24) is 9.97 Å². The molecule has 1 aromatic carbocycles. The maximum absolute atomic E-state index is 13.4. The predicted octanol–water partition coefficient (Wildman–Crippen LogP) is 3.94. The number of hydrogen-bond acceptors (Lipinski definition) is 3. The smallest absolute Gasteiger partial charge is 0.224 e. The molecule has 0 fully saturated rings. The zero-order valence-electron chi connectivity index (χ0n) is 8.52. The summed E-state index contributed by atoms with van der Waals surface area (Å²) in [5, 5.41) is 2.34. The third-order valence-corrected chi connectivity index (χ3v) is 2.44. The quantitative estimate of drug-likeness (QED) is 0.673. The van der Waals surface area contributed by atoms with Crippen LogP contribution in [0.3, 0.4) is 0 Å². The molecule has 0 atom stereocenters. The zero-order valence-corrected chi connectivity index (χ0v) is 10.0. The molecule has 18 heavy (non-hydrogen) atoms. The number of nitrogens with one attached hydrogen (secondary N) is 1. The average Bonchev–Trinajstić information content (AvgIpc) is 2.30. The molecule has 2 aromatic rings. The summed E-state index contributed by atoms with van der Waals surface area (Å²) < 4.78 is 39.1. The van der Waals surface area contributed by atoms with Crippen LogP contribution in [0.5, 0.6) is 0 Å². The molecule has 3 nitrogen and oxygen atoms in total. The molecule has 8 heteroatoms. The molecular formula is C10H4Cl2F3N3. The first-order valence-corrected chi connectivity index (χ1v) is 5.32. The van der Waals surface area contributed by atoms with Gasteiger partial charge in [0.15, 0.2) is 17.5 Å². The van der Waals surface area contributed by atoms with Gasteiger partial charge in [0.25, 0.3) is 0 Å². The first-order chi connectivity index (χ1) is 8.47. The number of rotatable bonds is 2. The van der Waals surface area contributed by atoms with Gasteiger partial charge in [0.1, 0.15) is 10.8 Å². The Morgan fingerprint density at radius 2 is 1.67 bits per heavy atom. The number of benzene rings is 1. The van der Waals surface area contributed by atoms with Gasteiger partial charge in [-0.05, 0) is 11.6 Å². The Bertz CT molecular complexity index is 607. The van der Waals surface area contributed by atoms with E-state index in [0.29, 0.717) is 12.1 Å². The molecule has 0 spiro atoms. The van der Waals surface area contributed by atoms with E-state index in [4.69, 9.17) is 23.2 Å². The van der Waals surface area contributed by atoms with Gasteiger partial charge in [0.2, 0.25) is 5.28 Å². The number of hydrogen-bond donors (Lipinski definition) is 1. The third-order valence-electron chi connectivity index (χ3n) is 1.98. The van der Waals surface area contributed by atoms with Crippen LogP contribution >= 0.6 is 23.2 Å². The topological polar surface area (TPSA) is 37.8 Å². The van der Waals surface area contributed by atoms with Crippen molar-refractivity contribution in [1.29, 1.82) is 0 Å². The highest BCUT2D eigenvalue weighted by Crippen LogP contribution is 2.26. The van der Waals surface area contributed by atoms with E-state index in [0.717, 1.165) is 0 Å². The van der Waals surface area contributed by atoms with Crippen LogP contribution in [0.15, 0.2) is 18.3 Å². The fourth-order valence-corrected chi connectivity index (χ4v) is 1.45. The summed E-state index contributed by atoms with van der Waals surface area (Å²) in [5.41, 5.74) is -0.314. The maximum Gasteiger partial charge on any atom is 0.224 e. The third kappa shape index (κ3) is 2.65. The summed E-state index contributed by atoms with van der Waals surface area (Å²) >= 11 is 11.3. The van der Waals surface area contributed by atoms with Crippen LogP contribution in [-0.2, 0) is 0 Å². The summed E-state index contributed by atoms with van der Waals surface area (Å²) in [5.74, 6) is -3.48. The van der Waals surface area contributed by atoms with Crippen LogP contribution in [0.1, 0.15) is 0 Å². The average molecular weight is 294 g/mol. The molecule has 1 N–H and O–H groups in total. The molecule has 0 aliphatic heterocycles. The van der Waals surface area contributed by atoms with Crippen molar-refractivity contribution in [2.45, 2.75) is 0 Å². The first-order valence-electron chi connectivity index (χ1n) is 4.57. The van der Waals surface area contributed by atoms with Crippen LogP contribution in [0, 0.1) is 17.5 Å². The first kappa shape index (κ1) is 12.9. The van der Waals surface area contributed by atoms with Crippen molar-refractivity contribution in [2.75, 3.05) is 5.32 Å². The molecule has 0 aliphatic rings. The molecule has 0 radical (unpaired) electrons. The Morgan fingerprint density at radius 3 is 2.39 bits per heavy atom. The normalized spacial score (nSPS) is 10.5. The van der Waals surface area contributed by atoms with Crippen molar-refractivity contribution in [2.24, 2.45) is 0 Å². The molecular weight excluding hydrogens is 290 g/mol. The van der Waals surface area contributed by atoms with E-state index in [-0.39, 0.29) is 21.8 Å². The Labute approximate surface area is 110 Å². The molecule has 0 saturated carbocycles. The Balaban J connectivity index is 2.40. The minimum absolute atomic E-state index is 0.0124. The van der Waals surface area contributed by atoms with Gasteiger partial charge in [-0.25, -0.2) is 18.2 Å². The predicted molar refractivity (Wildman–Crippen MR) is 61.7 cm³/mol. The van der Waals surface area contributed by atoms with Crippen molar-refractivity contribution in [3.63, 3.8) is 0 Å². The lowest BCUT2D eigenvalue weighted by Gasteiger charge is -2.08. The monoisotopic (exact) mass is 293 g/mol. The number of aromatic nitrogens is 2. The van der Waals surface area contributed by atoms with Crippen LogP contribution in [0.4, 0.5) is 24.7 Å². The van der Waals surface area contributed by atoms with E-state index in [1.54, 1.807) is 0 Å². The molecule has 0 aliphatic carbocycles. The van der Waals surface area contributed by atoms with E-state index in [9.17, 15) is 13.2 Å². The van der Waals surface area contributed by atoms with Crippen molar-refractivity contribution >= 4 is 34.7 Å². The highest BCUT2D eigenvalue weighted by atomic mass is 35.5. The van der Waals surface area contributed by atoms with E-state index >= 15 is 0 Å². The van der Waals surface area contributed by atoms with E-state index in [2.05, 4.69) is 15.3 Å². The minimum atomic E-state index is -1.29. The molecule has 0 saturated heterocycles. The number of halogens is 5. The Morgan fingerprint density at radius 1 is 1.00 bits per heavy atom. The van der Waals surface area contributed by atoms with Crippen LogP contribution < -0.4 is 5.32 Å². The van der Waals surface area contributed by atoms with Gasteiger partial charge in [0.05, 0.1) is 11.9 Å². The lowest BCUT2D eigenvalue weighted by molar-refractivity contribution is 0.496. The minimum Gasteiger partial charge on any atom is -0.336 e. The van der Waals surface area contributed by atoms with Crippen molar-refractivity contribution in [3.05, 3.63) is 46.1 Å². The molecule has 0 amide bonds. The van der Waals surface area contributed by atoms with Crippen LogP contribution in [0.2, 0.25) is 10.3 Å². The van der Waals surface area contributed by atoms with Gasteiger partial charge in [0, 0.05) is 12.1 Å². The van der Waals surface area contributed by atoms with Gasteiger partial charge >= 0.3 is 0 Å². The standard InChI is InChI=1S/C10H4Cl2F3N3/c11-4-3-16-10(12)18-9(4)17-8-2-6(14)5(13)1-7(8)15/h1-3H,(H,16,17,18). The fourth-order valence-electron chi connectivity index (χ4n) is 1.18. The zero-order chi connectivity index (χ0) is 13.3. The second-order valence-corrected chi connectivity index (χ2v) is 3.95. The Kier molecular flexibility index (Phi) is 3.58. The number of nitrogens with zero attached hydrogens (tertiary/aromatic N) is 2. The second-order valence-electron chi connectivity index (χ2n) is 3.21. The summed E-state index contributed by atoms with van der Waals surface area (Å²) in [6.45, 7) is 0. The van der Waals surface area contributed by atoms with Gasteiger partial charge in [-0.2, -0.15) is 4.98 Å². The summed E-state index contributed by atoms with van der Waals surface area (Å²) in [6.07, 6.45) is 1.19. The maximum atomic E-state index is 13.4. The SMILES string of the molecule is Fc1cc(F)c(Nc2nc(Cl)ncc2Cl)cc1F. The van der Waals surface area contributed by atoms with Gasteiger partial charge in [-0.3, -0.25) is 0 Å². The van der Waals surface area contributed by atoms with Crippen molar-refractivity contribution < 1.29 is 13.2 Å². The summed E-state index contributed by atoms with van der Waals surface area (Å²) in [6, 6.07) is 1.06. The fraction of sp³-hybridized carbons (Fsp3) is 0. The summed E-state index contributed by atoms with van der Waals surface area (Å²) in [7, 11) is 0. The highest BCUT2D eigenvalue weighted by molar-refractivity contribution is 6.33. The molecule has 1 heterocycles. The Hall–Kier alpha value is -1.53. The molecule has 0 bridgehead atoms. The van der Waals surface area contributed by atoms with E-state index in [1.165, 1.54) is 6.20 Å². The number of anilines is 2. The molecule has 1 aromatic heterocycles. The second kappa shape index (κ2) is 4.99. The van der Waals surface area contributed by atoms with Gasteiger partial charge in [-0.15, -0.1) is 0 Å². The van der Waals surface area contributed by atoms with E-state index in [1.807, 2.05) is 0 Å². The summed E-state index contributed by atoms with van der Waals surface area (Å²) in [4.78, 5) is 7.28. The molecule has 0 unspecified atom stereocenters. The van der Waals surface area contributed by atoms with Crippen LogP contribution in [0.25, 0.3) is 0 Å².